The summed E-state index contributed by atoms with van der Waals surface area (Å²) in [6.07, 6.45) is 9.36. The van der Waals surface area contributed by atoms with Crippen LogP contribution >= 0.6 is 24.8 Å². The van der Waals surface area contributed by atoms with Crippen molar-refractivity contribution in [3.05, 3.63) is 97.3 Å². The molecule has 2 aromatic rings. The van der Waals surface area contributed by atoms with E-state index in [1.54, 1.807) is 23.3 Å². The maximum absolute atomic E-state index is 3.67. The molecule has 2 aliphatic carbocycles. The van der Waals surface area contributed by atoms with E-state index in [0.29, 0.717) is 0 Å². The Kier molecular flexibility index (Phi) is 17.5. The Morgan fingerprint density at radius 2 is 1.42 bits per heavy atom. The van der Waals surface area contributed by atoms with Gasteiger partial charge in [0.2, 0.25) is 0 Å². The predicted molar refractivity (Wildman–Crippen MR) is 153 cm³/mol. The molecule has 33 heavy (non-hydrogen) atoms. The van der Waals surface area contributed by atoms with Gasteiger partial charge in [-0.1, -0.05) is 72.2 Å². The van der Waals surface area contributed by atoms with Crippen molar-refractivity contribution in [2.75, 3.05) is 0 Å². The molecular formula is C29H42Cl2SiZr-4. The molecule has 0 amide bonds. The van der Waals surface area contributed by atoms with E-state index in [4.69, 9.17) is 0 Å². The van der Waals surface area contributed by atoms with Gasteiger partial charge in [0.15, 0.2) is 0 Å². The number of hydrogen-bond acceptors (Lipinski definition) is 0. The van der Waals surface area contributed by atoms with Crippen molar-refractivity contribution >= 4 is 31.7 Å². The molecule has 0 atom stereocenters. The third kappa shape index (κ3) is 10.0. The van der Waals surface area contributed by atoms with E-state index >= 15 is 0 Å². The summed E-state index contributed by atoms with van der Waals surface area (Å²) in [5.41, 5.74) is 9.98. The first kappa shape index (κ1) is 37.2. The van der Waals surface area contributed by atoms with E-state index in [-0.39, 0.29) is 50.5 Å². The summed E-state index contributed by atoms with van der Waals surface area (Å²) in [4.78, 5) is 0. The fraction of sp³-hybridized carbons (Fsp3) is 0.379. The van der Waals surface area contributed by atoms with Crippen LogP contribution in [0.1, 0.15) is 77.1 Å². The Bertz CT molecular complexity index is 867. The summed E-state index contributed by atoms with van der Waals surface area (Å²) in [6.45, 7) is 17.6. The standard InChI is InChI=1S/C21H25.C6H7.2CH3.2ClH.H2Si.Zr/c1-20(2,3)16-7-9-18-14(12-16)11-15-13-17(21(4,5)6)8-10-19(15)18;1-6-4-2-3-5-6;;;;;;/h7-10,12H,11H2,1-6H3;2,4H,3H2,1H3;2*1H3;2*1H;1H2;/q4*-1;;;;. The average molecular weight is 581 g/mol. The summed E-state index contributed by atoms with van der Waals surface area (Å²) in [5, 5.41) is 0. The van der Waals surface area contributed by atoms with Crippen LogP contribution in [0.4, 0.5) is 0 Å². The van der Waals surface area contributed by atoms with Crippen LogP contribution in [-0.2, 0) is 40.6 Å². The van der Waals surface area contributed by atoms with Crippen molar-refractivity contribution in [1.82, 2.24) is 0 Å². The fourth-order valence-corrected chi connectivity index (χ4v) is 3.54. The van der Waals surface area contributed by atoms with Crippen molar-refractivity contribution in [3.8, 4) is 11.1 Å². The van der Waals surface area contributed by atoms with E-state index in [9.17, 15) is 0 Å². The number of fused-ring (bicyclic) bond motifs is 3. The van der Waals surface area contributed by atoms with Crippen molar-refractivity contribution in [1.29, 1.82) is 0 Å². The first-order valence-electron chi connectivity index (χ1n) is 10.3. The topological polar surface area (TPSA) is 0 Å². The number of halogens is 2. The first-order chi connectivity index (χ1) is 13.6. The number of benzene rings is 2. The zero-order valence-electron chi connectivity index (χ0n) is 22.0. The molecule has 0 fully saturated rings. The maximum atomic E-state index is 3.67. The Hall–Kier alpha value is -0.400. The van der Waals surface area contributed by atoms with Gasteiger partial charge in [-0.3, -0.25) is 6.08 Å². The second-order valence-corrected chi connectivity index (χ2v) is 9.78. The third-order valence-corrected chi connectivity index (χ3v) is 5.33. The summed E-state index contributed by atoms with van der Waals surface area (Å²) in [7, 11) is 0. The quantitative estimate of drug-likeness (QED) is 0.186. The van der Waals surface area contributed by atoms with Gasteiger partial charge in [0, 0.05) is 0 Å². The minimum absolute atomic E-state index is 0. The van der Waals surface area contributed by atoms with Gasteiger partial charge >= 0.3 is 30.2 Å². The molecule has 2 aliphatic rings. The average Bonchev–Trinajstić information content (AvgIpc) is 3.27. The van der Waals surface area contributed by atoms with Crippen LogP contribution in [0.3, 0.4) is 0 Å². The van der Waals surface area contributed by atoms with E-state index in [1.807, 2.05) is 6.88 Å². The normalized spacial score (nSPS) is 12.4. The minimum atomic E-state index is 0. The van der Waals surface area contributed by atoms with Crippen LogP contribution < -0.4 is 0 Å². The van der Waals surface area contributed by atoms with Crippen molar-refractivity contribution < 1.29 is 23.3 Å². The van der Waals surface area contributed by atoms with E-state index < -0.39 is 0 Å². The van der Waals surface area contributed by atoms with Crippen LogP contribution in [0.2, 0.25) is 0 Å². The van der Waals surface area contributed by atoms with Crippen LogP contribution in [0.15, 0.2) is 48.1 Å². The molecule has 0 spiro atoms. The molecule has 0 N–H and O–H groups in total. The zero-order chi connectivity index (χ0) is 21.8. The number of rotatable bonds is 0. The molecule has 0 unspecified atom stereocenters. The van der Waals surface area contributed by atoms with Gasteiger partial charge < -0.3 is 14.9 Å². The van der Waals surface area contributed by atoms with Crippen LogP contribution in [0.25, 0.3) is 11.1 Å². The van der Waals surface area contributed by atoms with Gasteiger partial charge in [-0.15, -0.1) is 42.4 Å². The summed E-state index contributed by atoms with van der Waals surface area (Å²) in [5.74, 6) is 0. The monoisotopic (exact) mass is 578 g/mol. The summed E-state index contributed by atoms with van der Waals surface area (Å²) >= 11 is 1.58. The molecule has 0 nitrogen and oxygen atoms in total. The molecule has 0 aromatic heterocycles. The van der Waals surface area contributed by atoms with Gasteiger partial charge in [-0.2, -0.15) is 29.8 Å². The van der Waals surface area contributed by atoms with Gasteiger partial charge in [-0.05, 0) is 28.4 Å². The van der Waals surface area contributed by atoms with Crippen LogP contribution in [-0.4, -0.2) is 6.88 Å². The van der Waals surface area contributed by atoms with Gasteiger partial charge in [0.1, 0.15) is 0 Å². The molecule has 0 radical (unpaired) electrons. The molecule has 0 heterocycles. The van der Waals surface area contributed by atoms with Gasteiger partial charge in [-0.25, -0.2) is 11.6 Å². The van der Waals surface area contributed by atoms with Crippen molar-refractivity contribution in [3.63, 3.8) is 0 Å². The Labute approximate surface area is 234 Å². The molecular weight excluding hydrogens is 539 g/mol. The molecule has 0 saturated heterocycles. The number of allylic oxidation sites excluding steroid dienone is 4. The van der Waals surface area contributed by atoms with Crippen molar-refractivity contribution in [2.24, 2.45) is 0 Å². The molecule has 0 saturated carbocycles. The molecule has 0 aliphatic heterocycles. The Morgan fingerprint density at radius 3 is 1.85 bits per heavy atom. The molecule has 4 rings (SSSR count). The Morgan fingerprint density at radius 1 is 0.848 bits per heavy atom. The second-order valence-electron chi connectivity index (χ2n) is 9.78. The van der Waals surface area contributed by atoms with Crippen LogP contribution in [0, 0.1) is 27.0 Å². The zero-order valence-corrected chi connectivity index (χ0v) is 27.5. The third-order valence-electron chi connectivity index (χ3n) is 5.33. The SMILES string of the molecule is CC(C)(C)c1[c-]c2c(cc1)-c1ccc(C(C)(C)C)cc1C2.CC1=[C-]CC=C1.Cl.Cl.[CH3-].[CH3-].[SiH2]=[Zr]. The molecule has 4 heteroatoms. The van der Waals surface area contributed by atoms with E-state index in [2.05, 4.69) is 103 Å². The summed E-state index contributed by atoms with van der Waals surface area (Å²) < 4.78 is 0. The Balaban J connectivity index is -0.000000651. The first-order valence-corrected chi connectivity index (χ1v) is 16.3. The molecule has 0 bridgehead atoms. The summed E-state index contributed by atoms with van der Waals surface area (Å²) in [6, 6.07) is 15.2. The van der Waals surface area contributed by atoms with Gasteiger partial charge in [0.25, 0.3) is 0 Å². The van der Waals surface area contributed by atoms with E-state index in [0.717, 1.165) is 12.8 Å². The fourth-order valence-electron chi connectivity index (χ4n) is 3.54. The molecule has 184 valence electrons. The van der Waals surface area contributed by atoms with E-state index in [1.165, 1.54) is 39.0 Å². The predicted octanol–water partition coefficient (Wildman–Crippen LogP) is 8.17. The van der Waals surface area contributed by atoms with Crippen molar-refractivity contribution in [2.45, 2.75) is 72.1 Å². The molecule has 2 aromatic carbocycles. The van der Waals surface area contributed by atoms with Gasteiger partial charge in [0.05, 0.1) is 0 Å². The number of hydrogen-bond donors (Lipinski definition) is 0. The van der Waals surface area contributed by atoms with Crippen LogP contribution in [0.5, 0.6) is 0 Å². The second kappa shape index (κ2) is 15.6.